The standard InChI is InChI=1S/C19H24N4O2/c1-14(2)22-18(24)15-7-5-9-17(13-15)23-19(25)21-12-6-10-16-8-3-4-11-20-16/h3-5,7-9,11,13-14H,6,10,12H2,1-2H3,(H,22,24)(H2,21,23,25). The first-order valence-electron chi connectivity index (χ1n) is 8.40. The van der Waals surface area contributed by atoms with Crippen LogP contribution < -0.4 is 16.0 Å². The van der Waals surface area contributed by atoms with Gasteiger partial charge in [-0.2, -0.15) is 0 Å². The summed E-state index contributed by atoms with van der Waals surface area (Å²) >= 11 is 0. The molecular weight excluding hydrogens is 316 g/mol. The van der Waals surface area contributed by atoms with Gasteiger partial charge in [0.1, 0.15) is 0 Å². The van der Waals surface area contributed by atoms with Crippen LogP contribution in [-0.4, -0.2) is 29.5 Å². The van der Waals surface area contributed by atoms with Gasteiger partial charge in [-0.05, 0) is 57.0 Å². The topological polar surface area (TPSA) is 83.1 Å². The number of carbonyl (C=O) groups is 2. The van der Waals surface area contributed by atoms with Crippen LogP contribution in [0.25, 0.3) is 0 Å². The van der Waals surface area contributed by atoms with Gasteiger partial charge in [-0.15, -0.1) is 0 Å². The second kappa shape index (κ2) is 9.42. The fraction of sp³-hybridized carbons (Fsp3) is 0.316. The van der Waals surface area contributed by atoms with Gasteiger partial charge < -0.3 is 16.0 Å². The largest absolute Gasteiger partial charge is 0.350 e. The van der Waals surface area contributed by atoms with Crippen LogP contribution in [0.1, 0.15) is 36.3 Å². The lowest BCUT2D eigenvalue weighted by atomic mass is 10.2. The van der Waals surface area contributed by atoms with Crippen molar-refractivity contribution in [1.82, 2.24) is 15.6 Å². The van der Waals surface area contributed by atoms with Crippen LogP contribution in [0.2, 0.25) is 0 Å². The Balaban J connectivity index is 1.77. The van der Waals surface area contributed by atoms with Crippen molar-refractivity contribution in [3.8, 4) is 0 Å². The van der Waals surface area contributed by atoms with Crippen molar-refractivity contribution in [3.63, 3.8) is 0 Å². The number of aryl methyl sites for hydroxylation is 1. The smallest absolute Gasteiger partial charge is 0.319 e. The van der Waals surface area contributed by atoms with Gasteiger partial charge >= 0.3 is 6.03 Å². The zero-order valence-corrected chi connectivity index (χ0v) is 14.6. The molecule has 3 amide bonds. The molecule has 0 unspecified atom stereocenters. The zero-order chi connectivity index (χ0) is 18.1. The van der Waals surface area contributed by atoms with E-state index in [0.717, 1.165) is 18.5 Å². The number of amides is 3. The van der Waals surface area contributed by atoms with Crippen LogP contribution >= 0.6 is 0 Å². The van der Waals surface area contributed by atoms with Gasteiger partial charge in [0.05, 0.1) is 0 Å². The van der Waals surface area contributed by atoms with Crippen LogP contribution in [-0.2, 0) is 6.42 Å². The van der Waals surface area contributed by atoms with Gasteiger partial charge in [0.15, 0.2) is 0 Å². The van der Waals surface area contributed by atoms with E-state index in [0.29, 0.717) is 17.8 Å². The summed E-state index contributed by atoms with van der Waals surface area (Å²) in [6, 6.07) is 12.4. The van der Waals surface area contributed by atoms with E-state index in [4.69, 9.17) is 0 Å². The molecular formula is C19H24N4O2. The minimum absolute atomic E-state index is 0.0616. The number of nitrogens with one attached hydrogen (secondary N) is 3. The fourth-order valence-corrected chi connectivity index (χ4v) is 2.28. The Morgan fingerprint density at radius 3 is 2.68 bits per heavy atom. The second-order valence-corrected chi connectivity index (χ2v) is 6.01. The molecule has 0 radical (unpaired) electrons. The molecule has 0 aliphatic heterocycles. The van der Waals surface area contributed by atoms with E-state index >= 15 is 0 Å². The minimum atomic E-state index is -0.289. The highest BCUT2D eigenvalue weighted by Gasteiger charge is 2.08. The minimum Gasteiger partial charge on any atom is -0.350 e. The van der Waals surface area contributed by atoms with Gasteiger partial charge in [-0.25, -0.2) is 4.79 Å². The van der Waals surface area contributed by atoms with Crippen LogP contribution in [0.4, 0.5) is 10.5 Å². The van der Waals surface area contributed by atoms with E-state index in [2.05, 4.69) is 20.9 Å². The van der Waals surface area contributed by atoms with Crippen molar-refractivity contribution >= 4 is 17.6 Å². The highest BCUT2D eigenvalue weighted by Crippen LogP contribution is 2.10. The molecule has 6 nitrogen and oxygen atoms in total. The predicted octanol–water partition coefficient (Wildman–Crippen LogP) is 2.97. The third kappa shape index (κ3) is 6.63. The first kappa shape index (κ1) is 18.4. The molecule has 1 aromatic carbocycles. The van der Waals surface area contributed by atoms with Crippen molar-refractivity contribution in [2.45, 2.75) is 32.7 Å². The molecule has 1 heterocycles. The van der Waals surface area contributed by atoms with Gasteiger partial charge in [0, 0.05) is 35.7 Å². The lowest BCUT2D eigenvalue weighted by molar-refractivity contribution is 0.0943. The number of aromatic nitrogens is 1. The summed E-state index contributed by atoms with van der Waals surface area (Å²) in [7, 11) is 0. The average molecular weight is 340 g/mol. The number of benzene rings is 1. The Kier molecular flexibility index (Phi) is 6.95. The van der Waals surface area contributed by atoms with Crippen molar-refractivity contribution in [2.24, 2.45) is 0 Å². The SMILES string of the molecule is CC(C)NC(=O)c1cccc(NC(=O)NCCCc2ccccn2)c1. The van der Waals surface area contributed by atoms with Crippen molar-refractivity contribution < 1.29 is 9.59 Å². The van der Waals surface area contributed by atoms with Crippen LogP contribution in [0.3, 0.4) is 0 Å². The van der Waals surface area contributed by atoms with Gasteiger partial charge in [-0.1, -0.05) is 12.1 Å². The highest BCUT2D eigenvalue weighted by atomic mass is 16.2. The van der Waals surface area contributed by atoms with Crippen molar-refractivity contribution in [2.75, 3.05) is 11.9 Å². The monoisotopic (exact) mass is 340 g/mol. The summed E-state index contributed by atoms with van der Waals surface area (Å²) in [6.45, 7) is 4.35. The quantitative estimate of drug-likeness (QED) is 0.678. The summed E-state index contributed by atoms with van der Waals surface area (Å²) in [5, 5.41) is 8.37. The summed E-state index contributed by atoms with van der Waals surface area (Å²) in [5.41, 5.74) is 2.11. The molecule has 6 heteroatoms. The second-order valence-electron chi connectivity index (χ2n) is 6.01. The van der Waals surface area contributed by atoms with E-state index in [-0.39, 0.29) is 18.0 Å². The fourth-order valence-electron chi connectivity index (χ4n) is 2.28. The van der Waals surface area contributed by atoms with Gasteiger partial charge in [0.25, 0.3) is 5.91 Å². The molecule has 25 heavy (non-hydrogen) atoms. The number of rotatable bonds is 7. The van der Waals surface area contributed by atoms with E-state index < -0.39 is 0 Å². The molecule has 0 bridgehead atoms. The number of pyridine rings is 1. The zero-order valence-electron chi connectivity index (χ0n) is 14.6. The Morgan fingerprint density at radius 1 is 1.12 bits per heavy atom. The average Bonchev–Trinajstić information content (AvgIpc) is 2.59. The maximum absolute atomic E-state index is 12.0. The first-order chi connectivity index (χ1) is 12.0. The normalized spacial score (nSPS) is 10.4. The van der Waals surface area contributed by atoms with Gasteiger partial charge in [0.2, 0.25) is 0 Å². The maximum atomic E-state index is 12.0. The summed E-state index contributed by atoms with van der Waals surface area (Å²) in [4.78, 5) is 28.2. The van der Waals surface area contributed by atoms with E-state index in [1.165, 1.54) is 0 Å². The lowest BCUT2D eigenvalue weighted by Crippen LogP contribution is -2.31. The molecule has 0 fully saturated rings. The van der Waals surface area contributed by atoms with Crippen molar-refractivity contribution in [3.05, 3.63) is 59.9 Å². The molecule has 2 rings (SSSR count). The van der Waals surface area contributed by atoms with Crippen LogP contribution in [0.5, 0.6) is 0 Å². The number of hydrogen-bond donors (Lipinski definition) is 3. The summed E-state index contributed by atoms with van der Waals surface area (Å²) in [5.74, 6) is -0.158. The Bertz CT molecular complexity index is 702. The predicted molar refractivity (Wildman–Crippen MR) is 98.6 cm³/mol. The molecule has 0 saturated carbocycles. The van der Waals surface area contributed by atoms with E-state index in [9.17, 15) is 9.59 Å². The molecule has 0 saturated heterocycles. The van der Waals surface area contributed by atoms with Crippen molar-refractivity contribution in [1.29, 1.82) is 0 Å². The molecule has 1 aromatic heterocycles. The number of urea groups is 1. The molecule has 2 aromatic rings. The molecule has 0 aliphatic rings. The number of nitrogens with zero attached hydrogens (tertiary/aromatic N) is 1. The third-order valence-corrected chi connectivity index (χ3v) is 3.42. The lowest BCUT2D eigenvalue weighted by Gasteiger charge is -2.11. The molecule has 3 N–H and O–H groups in total. The Hall–Kier alpha value is -2.89. The first-order valence-corrected chi connectivity index (χ1v) is 8.40. The Labute approximate surface area is 148 Å². The highest BCUT2D eigenvalue weighted by molar-refractivity contribution is 5.97. The number of hydrogen-bond acceptors (Lipinski definition) is 3. The summed E-state index contributed by atoms with van der Waals surface area (Å²) < 4.78 is 0. The summed E-state index contributed by atoms with van der Waals surface area (Å²) in [6.07, 6.45) is 3.38. The number of carbonyl (C=O) groups excluding carboxylic acids is 2. The van der Waals surface area contributed by atoms with Gasteiger partial charge in [-0.3, -0.25) is 9.78 Å². The Morgan fingerprint density at radius 2 is 1.96 bits per heavy atom. The van der Waals surface area contributed by atoms with E-state index in [1.807, 2.05) is 32.0 Å². The number of anilines is 1. The van der Waals surface area contributed by atoms with E-state index in [1.54, 1.807) is 30.5 Å². The molecule has 0 spiro atoms. The van der Waals surface area contributed by atoms with Crippen LogP contribution in [0.15, 0.2) is 48.7 Å². The van der Waals surface area contributed by atoms with Crippen LogP contribution in [0, 0.1) is 0 Å². The maximum Gasteiger partial charge on any atom is 0.319 e. The molecule has 0 aliphatic carbocycles. The third-order valence-electron chi connectivity index (χ3n) is 3.42. The molecule has 0 atom stereocenters. The molecule has 132 valence electrons.